The minimum absolute atomic E-state index is 0. The summed E-state index contributed by atoms with van der Waals surface area (Å²) in [5, 5.41) is 12.6. The highest BCUT2D eigenvalue weighted by molar-refractivity contribution is 7.88. The zero-order valence-corrected chi connectivity index (χ0v) is 29.2. The number of pyridine rings is 1. The van der Waals surface area contributed by atoms with Gasteiger partial charge in [0.2, 0.25) is 10.0 Å². The Kier molecular flexibility index (Phi) is 12.1. The average molecular weight is 710 g/mol. The van der Waals surface area contributed by atoms with Crippen LogP contribution in [0.2, 0.25) is 0 Å². The van der Waals surface area contributed by atoms with Crippen molar-refractivity contribution in [3.8, 4) is 11.1 Å². The molecular weight excluding hydrogens is 667 g/mol. The fourth-order valence-electron chi connectivity index (χ4n) is 6.33. The molecule has 5 aromatic rings. The molecular formula is C40H43N3O7S. The molecule has 0 unspecified atom stereocenters. The van der Waals surface area contributed by atoms with E-state index in [0.29, 0.717) is 70.3 Å². The number of sulfonamides is 1. The number of aliphatic carboxylic acids is 1. The molecule has 1 aliphatic carbocycles. The van der Waals surface area contributed by atoms with Gasteiger partial charge in [-0.3, -0.25) is 19.2 Å². The van der Waals surface area contributed by atoms with E-state index in [2.05, 4.69) is 5.32 Å². The van der Waals surface area contributed by atoms with Gasteiger partial charge in [-0.05, 0) is 42.7 Å². The number of nitrogens with zero attached hydrogens (tertiary/aromatic N) is 2. The van der Waals surface area contributed by atoms with Crippen LogP contribution in [-0.4, -0.2) is 59.3 Å². The molecule has 10 nitrogen and oxygen atoms in total. The number of carbonyl (C=O) groups is 3. The number of anilines is 2. The first-order valence-electron chi connectivity index (χ1n) is 16.4. The highest BCUT2D eigenvalue weighted by atomic mass is 32.2. The summed E-state index contributed by atoms with van der Waals surface area (Å²) in [7, 11) is -1.49. The van der Waals surface area contributed by atoms with Gasteiger partial charge in [0.1, 0.15) is 0 Å². The molecule has 1 aromatic heterocycles. The topological polar surface area (TPSA) is 143 Å². The number of aromatic nitrogens is 1. The Morgan fingerprint density at radius 1 is 0.784 bits per heavy atom. The summed E-state index contributed by atoms with van der Waals surface area (Å²) in [5.41, 5.74) is 4.22. The monoisotopic (exact) mass is 709 g/mol. The molecule has 7 rings (SSSR count). The van der Waals surface area contributed by atoms with E-state index in [1.165, 1.54) is 8.87 Å². The third-order valence-corrected chi connectivity index (χ3v) is 10.1. The van der Waals surface area contributed by atoms with E-state index < -0.39 is 16.0 Å². The summed E-state index contributed by atoms with van der Waals surface area (Å²) in [6.45, 7) is 4.66. The van der Waals surface area contributed by atoms with Gasteiger partial charge in [-0.1, -0.05) is 94.1 Å². The first kappa shape index (κ1) is 38.4. The molecule has 11 heteroatoms. The predicted molar refractivity (Wildman–Crippen MR) is 203 cm³/mol. The number of benzene rings is 4. The van der Waals surface area contributed by atoms with E-state index in [4.69, 9.17) is 5.11 Å². The Balaban J connectivity index is 0.000000309. The van der Waals surface area contributed by atoms with E-state index in [1.54, 1.807) is 43.4 Å². The standard InChI is InChI=1S/C30H20N2O3.C7H13NO4S.C2H6.CH4/c1-32-23-17-16-22(31-19-12-6-3-7-13-19)25-26(23)24(20-14-8-9-15-21(20)29(25)34)27(30(32)35)28(33)18-10-4-2-5-11-18;1-13(11,12)8-4-2-6(3-5-8)7(9)10;1-2;/h2-17,31H,1H3;6H,2-5H2,1H3,(H,9,10);1-2H3;1H4. The van der Waals surface area contributed by atoms with Crippen LogP contribution >= 0.6 is 0 Å². The van der Waals surface area contributed by atoms with Gasteiger partial charge in [0.25, 0.3) is 5.56 Å². The molecule has 1 fully saturated rings. The van der Waals surface area contributed by atoms with Gasteiger partial charge >= 0.3 is 5.97 Å². The maximum atomic E-state index is 13.8. The lowest BCUT2D eigenvalue weighted by Crippen LogP contribution is -2.39. The number of ketones is 2. The number of nitrogens with one attached hydrogen (secondary N) is 1. The van der Waals surface area contributed by atoms with Crippen LogP contribution in [0.1, 0.15) is 66.0 Å². The number of carbonyl (C=O) groups excluding carboxylic acids is 2. The quantitative estimate of drug-likeness (QED) is 0.174. The van der Waals surface area contributed by atoms with Crippen molar-refractivity contribution in [3.63, 3.8) is 0 Å². The van der Waals surface area contributed by atoms with Crippen LogP contribution in [0.4, 0.5) is 11.4 Å². The van der Waals surface area contributed by atoms with Gasteiger partial charge < -0.3 is 15.0 Å². The van der Waals surface area contributed by atoms with Crippen molar-refractivity contribution < 1.29 is 27.9 Å². The summed E-state index contributed by atoms with van der Waals surface area (Å²) in [4.78, 5) is 51.7. The number of carboxylic acid groups (broad SMARTS) is 1. The lowest BCUT2D eigenvalue weighted by molar-refractivity contribution is -0.142. The second-order valence-electron chi connectivity index (χ2n) is 11.8. The molecule has 2 heterocycles. The van der Waals surface area contributed by atoms with Gasteiger partial charge in [-0.15, -0.1) is 0 Å². The smallest absolute Gasteiger partial charge is 0.306 e. The number of hydrogen-bond acceptors (Lipinski definition) is 7. The van der Waals surface area contributed by atoms with Crippen molar-refractivity contribution in [2.45, 2.75) is 34.1 Å². The van der Waals surface area contributed by atoms with Crippen LogP contribution in [0.15, 0.2) is 102 Å². The largest absolute Gasteiger partial charge is 0.481 e. The highest BCUT2D eigenvalue weighted by Gasteiger charge is 2.34. The normalized spacial score (nSPS) is 13.8. The van der Waals surface area contributed by atoms with E-state index >= 15 is 0 Å². The van der Waals surface area contributed by atoms with Crippen molar-refractivity contribution in [1.82, 2.24) is 8.87 Å². The third kappa shape index (κ3) is 7.69. The highest BCUT2D eigenvalue weighted by Crippen LogP contribution is 2.44. The van der Waals surface area contributed by atoms with E-state index in [-0.39, 0.29) is 36.0 Å². The zero-order chi connectivity index (χ0) is 36.2. The van der Waals surface area contributed by atoms with Crippen molar-refractivity contribution in [2.24, 2.45) is 13.0 Å². The minimum Gasteiger partial charge on any atom is -0.481 e. The first-order valence-corrected chi connectivity index (χ1v) is 18.3. The number of hydrogen-bond donors (Lipinski definition) is 2. The molecule has 1 saturated heterocycles. The Bertz CT molecular complexity index is 2240. The first-order chi connectivity index (χ1) is 24.0. The maximum absolute atomic E-state index is 13.8. The van der Waals surface area contributed by atoms with Crippen LogP contribution in [0.3, 0.4) is 0 Å². The molecule has 0 bridgehead atoms. The van der Waals surface area contributed by atoms with Crippen LogP contribution in [0, 0.1) is 5.92 Å². The van der Waals surface area contributed by atoms with Crippen LogP contribution < -0.4 is 10.9 Å². The minimum atomic E-state index is -3.13. The van der Waals surface area contributed by atoms with Crippen molar-refractivity contribution >= 4 is 49.8 Å². The van der Waals surface area contributed by atoms with E-state index in [9.17, 15) is 27.6 Å². The summed E-state index contributed by atoms with van der Waals surface area (Å²) in [5.74, 6) is -1.71. The van der Waals surface area contributed by atoms with Crippen LogP contribution in [0.25, 0.3) is 22.0 Å². The number of carboxylic acids is 1. The average Bonchev–Trinajstić information content (AvgIpc) is 3.13. The number of fused-ring (bicyclic) bond motifs is 2. The molecule has 266 valence electrons. The summed E-state index contributed by atoms with van der Waals surface area (Å²) >= 11 is 0. The number of para-hydroxylation sites is 1. The summed E-state index contributed by atoms with van der Waals surface area (Å²) in [6.07, 6.45) is 1.99. The fourth-order valence-corrected chi connectivity index (χ4v) is 7.21. The van der Waals surface area contributed by atoms with Crippen molar-refractivity contribution in [2.75, 3.05) is 24.7 Å². The molecule has 0 amide bonds. The van der Waals surface area contributed by atoms with Gasteiger partial charge in [-0.25, -0.2) is 12.7 Å². The fraction of sp³-hybridized carbons (Fsp3) is 0.250. The Morgan fingerprint density at radius 3 is 1.90 bits per heavy atom. The summed E-state index contributed by atoms with van der Waals surface area (Å²) < 4.78 is 24.9. The molecule has 0 saturated carbocycles. The number of aryl methyl sites for hydroxylation is 1. The van der Waals surface area contributed by atoms with Crippen molar-refractivity contribution in [1.29, 1.82) is 0 Å². The molecule has 0 radical (unpaired) electrons. The molecule has 0 atom stereocenters. The van der Waals surface area contributed by atoms with Gasteiger partial charge in [0.15, 0.2) is 11.6 Å². The lowest BCUT2D eigenvalue weighted by Gasteiger charge is -2.27. The van der Waals surface area contributed by atoms with Gasteiger partial charge in [0, 0.05) is 47.9 Å². The Morgan fingerprint density at radius 2 is 1.33 bits per heavy atom. The predicted octanol–water partition coefficient (Wildman–Crippen LogP) is 7.13. The van der Waals surface area contributed by atoms with Gasteiger partial charge in [-0.2, -0.15) is 0 Å². The summed E-state index contributed by atoms with van der Waals surface area (Å²) in [6, 6.07) is 29.2. The Hall–Kier alpha value is -5.39. The molecule has 0 spiro atoms. The molecule has 51 heavy (non-hydrogen) atoms. The van der Waals surface area contributed by atoms with Crippen LogP contribution in [0.5, 0.6) is 0 Å². The molecule has 2 aliphatic rings. The third-order valence-electron chi connectivity index (χ3n) is 8.82. The number of piperidine rings is 1. The molecule has 4 aromatic carbocycles. The second-order valence-corrected chi connectivity index (χ2v) is 13.8. The SMILES string of the molecule is C.CC.CS(=O)(=O)N1CCC(C(=O)O)CC1.Cn1c(=O)c(C(=O)c2ccccc2)c2c3c(c(Nc4ccccc4)ccc31)C(=O)c1ccccc1-2. The zero-order valence-electron chi connectivity index (χ0n) is 28.3. The van der Waals surface area contributed by atoms with E-state index in [1.807, 2.05) is 74.5 Å². The van der Waals surface area contributed by atoms with Crippen LogP contribution in [-0.2, 0) is 21.9 Å². The lowest BCUT2D eigenvalue weighted by atomic mass is 9.80. The Labute approximate surface area is 298 Å². The second kappa shape index (κ2) is 16.1. The van der Waals surface area contributed by atoms with Gasteiger partial charge in [0.05, 0.1) is 34.5 Å². The number of rotatable bonds is 6. The maximum Gasteiger partial charge on any atom is 0.306 e. The molecule has 1 aliphatic heterocycles. The molecule has 2 N–H and O–H groups in total. The van der Waals surface area contributed by atoms with E-state index in [0.717, 1.165) is 11.9 Å². The van der Waals surface area contributed by atoms with Crippen molar-refractivity contribution in [3.05, 3.63) is 130 Å².